The smallest absolute Gasteiger partial charge is 0.231 e. The summed E-state index contributed by atoms with van der Waals surface area (Å²) in [5, 5.41) is 4.02. The van der Waals surface area contributed by atoms with E-state index in [1.165, 1.54) is 0 Å². The van der Waals surface area contributed by atoms with Crippen LogP contribution < -0.4 is 10.5 Å². The number of ether oxygens (including phenoxy) is 1. The molecule has 1 heterocycles. The van der Waals surface area contributed by atoms with Gasteiger partial charge in [0.05, 0.1) is 18.6 Å². The van der Waals surface area contributed by atoms with Crippen LogP contribution in [0.2, 0.25) is 0 Å². The third-order valence-corrected chi connectivity index (χ3v) is 3.06. The molecule has 0 saturated carbocycles. The van der Waals surface area contributed by atoms with Crippen molar-refractivity contribution in [2.45, 2.75) is 25.7 Å². The summed E-state index contributed by atoms with van der Waals surface area (Å²) in [5.74, 6) is 2.00. The lowest BCUT2D eigenvalue weighted by Gasteiger charge is -2.07. The van der Waals surface area contributed by atoms with Gasteiger partial charge in [-0.3, -0.25) is 0 Å². The Morgan fingerprint density at radius 1 is 1.37 bits per heavy atom. The summed E-state index contributed by atoms with van der Waals surface area (Å²) < 4.78 is 10.6. The largest absolute Gasteiger partial charge is 0.496 e. The van der Waals surface area contributed by atoms with Gasteiger partial charge in [0.2, 0.25) is 11.7 Å². The molecule has 0 amide bonds. The van der Waals surface area contributed by atoms with Gasteiger partial charge >= 0.3 is 0 Å². The fourth-order valence-corrected chi connectivity index (χ4v) is 2.03. The van der Waals surface area contributed by atoms with Gasteiger partial charge < -0.3 is 15.0 Å². The van der Waals surface area contributed by atoms with Gasteiger partial charge in [-0.1, -0.05) is 30.6 Å². The molecule has 1 aromatic carbocycles. The Hall–Kier alpha value is -1.88. The molecule has 5 nitrogen and oxygen atoms in total. The third kappa shape index (κ3) is 2.93. The maximum absolute atomic E-state index is 5.74. The maximum atomic E-state index is 5.74. The van der Waals surface area contributed by atoms with Crippen LogP contribution in [0.25, 0.3) is 11.4 Å². The lowest BCUT2D eigenvalue weighted by Crippen LogP contribution is -2.12. The predicted molar refractivity (Wildman–Crippen MR) is 73.0 cm³/mol. The quantitative estimate of drug-likeness (QED) is 0.865. The van der Waals surface area contributed by atoms with Gasteiger partial charge in [-0.05, 0) is 18.6 Å². The molecule has 0 saturated heterocycles. The Labute approximate surface area is 112 Å². The SMILES string of the molecule is CCCC(CN)c1nc(-c2ccccc2OC)no1. The number of rotatable bonds is 6. The highest BCUT2D eigenvalue weighted by molar-refractivity contribution is 5.63. The van der Waals surface area contributed by atoms with Crippen LogP contribution in [0.1, 0.15) is 31.6 Å². The van der Waals surface area contributed by atoms with E-state index in [1.54, 1.807) is 7.11 Å². The first-order valence-electron chi connectivity index (χ1n) is 6.47. The zero-order valence-corrected chi connectivity index (χ0v) is 11.3. The van der Waals surface area contributed by atoms with Crippen molar-refractivity contribution < 1.29 is 9.26 Å². The van der Waals surface area contributed by atoms with Gasteiger partial charge in [0.25, 0.3) is 0 Å². The van der Waals surface area contributed by atoms with Crippen LogP contribution in [0, 0.1) is 0 Å². The third-order valence-electron chi connectivity index (χ3n) is 3.06. The van der Waals surface area contributed by atoms with E-state index in [2.05, 4.69) is 17.1 Å². The van der Waals surface area contributed by atoms with Crippen LogP contribution in [0.15, 0.2) is 28.8 Å². The number of hydrogen-bond donors (Lipinski definition) is 1. The highest BCUT2D eigenvalue weighted by atomic mass is 16.5. The summed E-state index contributed by atoms with van der Waals surface area (Å²) in [6, 6.07) is 7.60. The predicted octanol–water partition coefficient (Wildman–Crippen LogP) is 2.59. The molecule has 2 rings (SSSR count). The van der Waals surface area contributed by atoms with E-state index in [4.69, 9.17) is 15.0 Å². The maximum Gasteiger partial charge on any atom is 0.231 e. The van der Waals surface area contributed by atoms with Crippen molar-refractivity contribution in [1.29, 1.82) is 0 Å². The lowest BCUT2D eigenvalue weighted by molar-refractivity contribution is 0.347. The van der Waals surface area contributed by atoms with Crippen molar-refractivity contribution >= 4 is 0 Å². The second-order valence-electron chi connectivity index (χ2n) is 4.38. The molecule has 0 aliphatic heterocycles. The zero-order valence-electron chi connectivity index (χ0n) is 11.3. The Morgan fingerprint density at radius 2 is 2.16 bits per heavy atom. The van der Waals surface area contributed by atoms with E-state index in [9.17, 15) is 0 Å². The number of nitrogens with zero attached hydrogens (tertiary/aromatic N) is 2. The first kappa shape index (κ1) is 13.5. The number of nitrogens with two attached hydrogens (primary N) is 1. The average Bonchev–Trinajstić information content (AvgIpc) is 2.94. The summed E-state index contributed by atoms with van der Waals surface area (Å²) in [6.45, 7) is 2.63. The van der Waals surface area contributed by atoms with Crippen molar-refractivity contribution in [3.05, 3.63) is 30.2 Å². The average molecular weight is 261 g/mol. The Morgan fingerprint density at radius 3 is 2.84 bits per heavy atom. The topological polar surface area (TPSA) is 74.2 Å². The van der Waals surface area contributed by atoms with Crippen molar-refractivity contribution in [2.75, 3.05) is 13.7 Å². The molecule has 0 radical (unpaired) electrons. The molecule has 1 unspecified atom stereocenters. The second-order valence-corrected chi connectivity index (χ2v) is 4.38. The molecule has 19 heavy (non-hydrogen) atoms. The molecule has 0 spiro atoms. The molecule has 0 aliphatic carbocycles. The fourth-order valence-electron chi connectivity index (χ4n) is 2.03. The lowest BCUT2D eigenvalue weighted by atomic mass is 10.0. The molecule has 102 valence electrons. The molecule has 2 aromatic rings. The summed E-state index contributed by atoms with van der Waals surface area (Å²) in [6.07, 6.45) is 1.98. The zero-order chi connectivity index (χ0) is 13.7. The van der Waals surface area contributed by atoms with Crippen LogP contribution in [0.4, 0.5) is 0 Å². The van der Waals surface area contributed by atoms with Crippen LogP contribution >= 0.6 is 0 Å². The number of methoxy groups -OCH3 is 1. The number of hydrogen-bond acceptors (Lipinski definition) is 5. The second kappa shape index (κ2) is 6.33. The minimum Gasteiger partial charge on any atom is -0.496 e. The molecular weight excluding hydrogens is 242 g/mol. The van der Waals surface area contributed by atoms with Crippen molar-refractivity contribution in [1.82, 2.24) is 10.1 Å². The minimum atomic E-state index is 0.126. The first-order chi connectivity index (χ1) is 9.30. The summed E-state index contributed by atoms with van der Waals surface area (Å²) in [4.78, 5) is 4.44. The minimum absolute atomic E-state index is 0.126. The molecule has 5 heteroatoms. The molecule has 1 aromatic heterocycles. The van der Waals surface area contributed by atoms with Crippen LogP contribution in [-0.2, 0) is 0 Å². The number of aromatic nitrogens is 2. The van der Waals surface area contributed by atoms with E-state index in [1.807, 2.05) is 24.3 Å². The van der Waals surface area contributed by atoms with Crippen LogP contribution in [-0.4, -0.2) is 23.8 Å². The summed E-state index contributed by atoms with van der Waals surface area (Å²) >= 11 is 0. The number of para-hydroxylation sites is 1. The molecule has 1 atom stereocenters. The van der Waals surface area contributed by atoms with E-state index in [0.29, 0.717) is 18.3 Å². The van der Waals surface area contributed by atoms with Crippen molar-refractivity contribution in [3.63, 3.8) is 0 Å². The number of benzene rings is 1. The Bertz CT molecular complexity index is 525. The Balaban J connectivity index is 2.30. The molecular formula is C14H19N3O2. The van der Waals surface area contributed by atoms with Gasteiger partial charge in [0.15, 0.2) is 0 Å². The van der Waals surface area contributed by atoms with E-state index in [-0.39, 0.29) is 5.92 Å². The van der Waals surface area contributed by atoms with Gasteiger partial charge in [-0.2, -0.15) is 4.98 Å². The van der Waals surface area contributed by atoms with Crippen molar-refractivity contribution in [3.8, 4) is 17.1 Å². The van der Waals surface area contributed by atoms with Gasteiger partial charge in [0, 0.05) is 6.54 Å². The summed E-state index contributed by atoms with van der Waals surface area (Å²) in [5.41, 5.74) is 6.57. The monoisotopic (exact) mass is 261 g/mol. The first-order valence-corrected chi connectivity index (χ1v) is 6.47. The van der Waals surface area contributed by atoms with Gasteiger partial charge in [-0.25, -0.2) is 0 Å². The van der Waals surface area contributed by atoms with Crippen LogP contribution in [0.3, 0.4) is 0 Å². The Kier molecular flexibility index (Phi) is 4.52. The normalized spacial score (nSPS) is 12.4. The van der Waals surface area contributed by atoms with Crippen LogP contribution in [0.5, 0.6) is 5.75 Å². The molecule has 0 fully saturated rings. The van der Waals surface area contributed by atoms with Gasteiger partial charge in [0.1, 0.15) is 5.75 Å². The highest BCUT2D eigenvalue weighted by Crippen LogP contribution is 2.28. The van der Waals surface area contributed by atoms with E-state index in [0.717, 1.165) is 24.2 Å². The molecule has 0 aliphatic rings. The van der Waals surface area contributed by atoms with E-state index < -0.39 is 0 Å². The molecule has 0 bridgehead atoms. The van der Waals surface area contributed by atoms with E-state index >= 15 is 0 Å². The molecule has 2 N–H and O–H groups in total. The highest BCUT2D eigenvalue weighted by Gasteiger charge is 2.18. The fraction of sp³-hybridized carbons (Fsp3) is 0.429. The van der Waals surface area contributed by atoms with Crippen molar-refractivity contribution in [2.24, 2.45) is 5.73 Å². The summed E-state index contributed by atoms with van der Waals surface area (Å²) in [7, 11) is 1.62. The van der Waals surface area contributed by atoms with Gasteiger partial charge in [-0.15, -0.1) is 0 Å². The standard InChI is InChI=1S/C14H19N3O2/c1-3-6-10(9-15)14-16-13(17-19-14)11-7-4-5-8-12(11)18-2/h4-5,7-8,10H,3,6,9,15H2,1-2H3.